The largest absolute Gasteiger partial charge is 0.494 e. The van der Waals surface area contributed by atoms with Crippen molar-refractivity contribution in [2.24, 2.45) is 13.0 Å². The maximum absolute atomic E-state index is 14.3. The molecule has 0 unspecified atom stereocenters. The molecule has 2 aromatic rings. The number of aryl methyl sites for hydroxylation is 1. The Hall–Kier alpha value is -3.83. The van der Waals surface area contributed by atoms with Gasteiger partial charge in [0, 0.05) is 51.2 Å². The molecular weight excluding hydrogens is 581 g/mol. The van der Waals surface area contributed by atoms with Gasteiger partial charge >= 0.3 is 6.09 Å². The topological polar surface area (TPSA) is 113 Å². The predicted octanol–water partition coefficient (Wildman–Crippen LogP) is 4.32. The summed E-state index contributed by atoms with van der Waals surface area (Å²) in [6.07, 6.45) is 4.09. The first kappa shape index (κ1) is 34.1. The minimum atomic E-state index is -0.847. The summed E-state index contributed by atoms with van der Waals surface area (Å²) in [5.41, 5.74) is 0.386. The number of hydrogen-bond donors (Lipinski definition) is 1. The van der Waals surface area contributed by atoms with Crippen LogP contribution in [0.4, 0.5) is 9.18 Å². The van der Waals surface area contributed by atoms with Gasteiger partial charge in [-0.05, 0) is 65.5 Å². The van der Waals surface area contributed by atoms with E-state index in [2.05, 4.69) is 5.32 Å². The first-order valence-electron chi connectivity index (χ1n) is 15.8. The standard InChI is InChI=1S/C33H48FN5O6/c1-20-19-38(30(41)26-17-23-16-24(34)27(44-8)18-25(23)37(26)7)14-15-39(20)31(42)28(22-12-10-9-11-13-22)35-29(40)21(2)36(6)32(43)45-33(3,4)5/h16-18,20-22,28H,9-15,19H2,1-8H3,(H,35,40)/t20-,21+,28+/m1/s1. The fourth-order valence-corrected chi connectivity index (χ4v) is 6.30. The van der Waals surface area contributed by atoms with Crippen LogP contribution in [-0.2, 0) is 21.4 Å². The Morgan fingerprint density at radius 1 is 1.07 bits per heavy atom. The number of piperazine rings is 1. The molecular formula is C33H48FN5O6. The Bertz CT molecular complexity index is 1430. The molecule has 1 N–H and O–H groups in total. The zero-order chi connectivity index (χ0) is 33.2. The number of methoxy groups -OCH3 is 1. The molecule has 12 heteroatoms. The Labute approximate surface area is 265 Å². The molecule has 0 spiro atoms. The van der Waals surface area contributed by atoms with E-state index in [0.29, 0.717) is 36.2 Å². The average Bonchev–Trinajstić information content (AvgIpc) is 3.31. The molecule has 4 amide bonds. The van der Waals surface area contributed by atoms with Gasteiger partial charge in [-0.3, -0.25) is 19.3 Å². The third-order valence-corrected chi connectivity index (χ3v) is 9.06. The van der Waals surface area contributed by atoms with Crippen LogP contribution >= 0.6 is 0 Å². The van der Waals surface area contributed by atoms with Gasteiger partial charge in [0.15, 0.2) is 11.6 Å². The van der Waals surface area contributed by atoms with Gasteiger partial charge in [0.25, 0.3) is 5.91 Å². The first-order valence-corrected chi connectivity index (χ1v) is 15.8. The molecule has 248 valence electrons. The van der Waals surface area contributed by atoms with Crippen LogP contribution in [-0.4, -0.2) is 101 Å². The molecule has 1 saturated heterocycles. The maximum Gasteiger partial charge on any atom is 0.410 e. The molecule has 0 radical (unpaired) electrons. The van der Waals surface area contributed by atoms with Crippen molar-refractivity contribution in [2.75, 3.05) is 33.8 Å². The van der Waals surface area contributed by atoms with Crippen LogP contribution in [0.1, 0.15) is 77.2 Å². The summed E-state index contributed by atoms with van der Waals surface area (Å²) in [6.45, 7) is 9.74. The molecule has 1 aliphatic carbocycles. The van der Waals surface area contributed by atoms with Gasteiger partial charge in [0.05, 0.1) is 12.6 Å². The fourth-order valence-electron chi connectivity index (χ4n) is 6.30. The summed E-state index contributed by atoms with van der Waals surface area (Å²) in [4.78, 5) is 58.5. The van der Waals surface area contributed by atoms with Crippen molar-refractivity contribution in [2.45, 2.75) is 90.4 Å². The highest BCUT2D eigenvalue weighted by molar-refractivity contribution is 5.99. The Kier molecular flexibility index (Phi) is 10.3. The monoisotopic (exact) mass is 629 g/mol. The van der Waals surface area contributed by atoms with E-state index in [1.165, 1.54) is 25.1 Å². The molecule has 2 fully saturated rings. The number of aromatic nitrogens is 1. The lowest BCUT2D eigenvalue weighted by molar-refractivity contribution is -0.142. The zero-order valence-electron chi connectivity index (χ0n) is 27.8. The van der Waals surface area contributed by atoms with Crippen LogP contribution < -0.4 is 10.1 Å². The lowest BCUT2D eigenvalue weighted by atomic mass is 9.83. The van der Waals surface area contributed by atoms with Crippen molar-refractivity contribution >= 4 is 34.7 Å². The SMILES string of the molecule is COc1cc2c(cc1F)cc(C(=O)N1CCN(C(=O)[C@@H](NC(=O)[C@H](C)N(C)C(=O)OC(C)(C)C)C3CCCCC3)[C@H](C)C1)n2C. The molecule has 1 aromatic heterocycles. The molecule has 2 aliphatic rings. The minimum Gasteiger partial charge on any atom is -0.494 e. The third kappa shape index (κ3) is 7.53. The Balaban J connectivity index is 1.47. The van der Waals surface area contributed by atoms with Crippen molar-refractivity contribution in [3.8, 4) is 5.75 Å². The molecule has 1 aliphatic heterocycles. The summed E-state index contributed by atoms with van der Waals surface area (Å²) in [5.74, 6) is -1.21. The van der Waals surface area contributed by atoms with Gasteiger partial charge in [-0.25, -0.2) is 9.18 Å². The number of ether oxygens (including phenoxy) is 2. The van der Waals surface area contributed by atoms with E-state index in [4.69, 9.17) is 9.47 Å². The van der Waals surface area contributed by atoms with Crippen molar-refractivity contribution < 1.29 is 33.0 Å². The number of likely N-dealkylation sites (N-methyl/N-ethyl adjacent to an activating group) is 1. The van der Waals surface area contributed by atoms with Gasteiger partial charge in [0.1, 0.15) is 23.4 Å². The number of nitrogens with one attached hydrogen (secondary N) is 1. The van der Waals surface area contributed by atoms with Crippen LogP contribution in [0.25, 0.3) is 10.9 Å². The molecule has 0 bridgehead atoms. The molecule has 2 heterocycles. The normalized spacial score (nSPS) is 19.2. The molecule has 3 atom stereocenters. The second-order valence-corrected chi connectivity index (χ2v) is 13.4. The summed E-state index contributed by atoms with van der Waals surface area (Å²) < 4.78 is 26.6. The van der Waals surface area contributed by atoms with Crippen molar-refractivity contribution in [1.29, 1.82) is 0 Å². The van der Waals surface area contributed by atoms with E-state index >= 15 is 0 Å². The highest BCUT2D eigenvalue weighted by Gasteiger charge is 2.40. The van der Waals surface area contributed by atoms with E-state index in [1.54, 1.807) is 61.2 Å². The van der Waals surface area contributed by atoms with Crippen molar-refractivity contribution in [3.63, 3.8) is 0 Å². The number of hydrogen-bond acceptors (Lipinski definition) is 6. The Morgan fingerprint density at radius 3 is 2.33 bits per heavy atom. The first-order chi connectivity index (χ1) is 21.1. The fraction of sp³-hybridized carbons (Fsp3) is 0.636. The van der Waals surface area contributed by atoms with Gasteiger partial charge < -0.3 is 29.2 Å². The Morgan fingerprint density at radius 2 is 1.73 bits per heavy atom. The molecule has 4 rings (SSSR count). The van der Waals surface area contributed by atoms with Crippen LogP contribution in [0.3, 0.4) is 0 Å². The number of nitrogens with zero attached hydrogens (tertiary/aromatic N) is 4. The zero-order valence-corrected chi connectivity index (χ0v) is 27.8. The van der Waals surface area contributed by atoms with Crippen molar-refractivity contribution in [3.05, 3.63) is 29.7 Å². The molecule has 1 saturated carbocycles. The number of fused-ring (bicyclic) bond motifs is 1. The minimum absolute atomic E-state index is 0.0192. The van der Waals surface area contributed by atoms with E-state index in [-0.39, 0.29) is 29.5 Å². The second-order valence-electron chi connectivity index (χ2n) is 13.4. The molecule has 1 aromatic carbocycles. The summed E-state index contributed by atoms with van der Waals surface area (Å²) in [5, 5.41) is 3.59. The van der Waals surface area contributed by atoms with Gasteiger partial charge in [-0.2, -0.15) is 0 Å². The van der Waals surface area contributed by atoms with E-state index < -0.39 is 35.5 Å². The third-order valence-electron chi connectivity index (χ3n) is 9.06. The van der Waals surface area contributed by atoms with Crippen molar-refractivity contribution in [1.82, 2.24) is 24.6 Å². The number of rotatable bonds is 7. The van der Waals surface area contributed by atoms with Gasteiger partial charge in [-0.15, -0.1) is 0 Å². The molecule has 45 heavy (non-hydrogen) atoms. The van der Waals surface area contributed by atoms with Crippen LogP contribution in [0.15, 0.2) is 18.2 Å². The quantitative estimate of drug-likeness (QED) is 0.488. The highest BCUT2D eigenvalue weighted by atomic mass is 19.1. The lowest BCUT2D eigenvalue weighted by Gasteiger charge is -2.43. The van der Waals surface area contributed by atoms with Crippen LogP contribution in [0, 0.1) is 11.7 Å². The lowest BCUT2D eigenvalue weighted by Crippen LogP contribution is -2.62. The molecule has 11 nitrogen and oxygen atoms in total. The van der Waals surface area contributed by atoms with E-state index in [9.17, 15) is 23.6 Å². The average molecular weight is 630 g/mol. The van der Waals surface area contributed by atoms with Gasteiger partial charge in [0.2, 0.25) is 11.8 Å². The van der Waals surface area contributed by atoms with Gasteiger partial charge in [-0.1, -0.05) is 19.3 Å². The van der Waals surface area contributed by atoms with Crippen LogP contribution in [0.5, 0.6) is 5.75 Å². The number of halogens is 1. The summed E-state index contributed by atoms with van der Waals surface area (Å²) in [7, 11) is 4.67. The number of carbonyl (C=O) groups excluding carboxylic acids is 4. The van der Waals surface area contributed by atoms with E-state index in [1.807, 2.05) is 6.92 Å². The maximum atomic E-state index is 14.3. The second kappa shape index (κ2) is 13.7. The number of amides is 4. The number of benzene rings is 1. The summed E-state index contributed by atoms with van der Waals surface area (Å²) in [6, 6.07) is 2.72. The highest BCUT2D eigenvalue weighted by Crippen LogP contribution is 2.30. The van der Waals surface area contributed by atoms with E-state index in [0.717, 1.165) is 32.1 Å². The summed E-state index contributed by atoms with van der Waals surface area (Å²) >= 11 is 0. The predicted molar refractivity (Wildman–Crippen MR) is 168 cm³/mol. The smallest absolute Gasteiger partial charge is 0.410 e. The number of carbonyl (C=O) groups is 4. The van der Waals surface area contributed by atoms with Crippen LogP contribution in [0.2, 0.25) is 0 Å².